The van der Waals surface area contributed by atoms with E-state index in [1.807, 2.05) is 66.7 Å². The molecule has 252 valence electrons. The van der Waals surface area contributed by atoms with Gasteiger partial charge in [-0.2, -0.15) is 8.75 Å². The average Bonchev–Trinajstić information content (AvgIpc) is 3.89. The fourth-order valence-corrected chi connectivity index (χ4v) is 7.95. The Bertz CT molecular complexity index is 3210. The van der Waals surface area contributed by atoms with Gasteiger partial charge < -0.3 is 4.42 Å². The van der Waals surface area contributed by atoms with Gasteiger partial charge in [0.15, 0.2) is 17.5 Å². The Morgan fingerprint density at radius 1 is 0.389 bits per heavy atom. The van der Waals surface area contributed by atoms with Gasteiger partial charge in [0.25, 0.3) is 0 Å². The van der Waals surface area contributed by atoms with E-state index in [9.17, 15) is 0 Å². The van der Waals surface area contributed by atoms with Gasteiger partial charge in [0.05, 0.1) is 22.9 Å². The zero-order valence-electron chi connectivity index (χ0n) is 28.5. The van der Waals surface area contributed by atoms with Crippen molar-refractivity contribution in [3.63, 3.8) is 0 Å². The number of benzene rings is 7. The molecule has 4 aromatic heterocycles. The number of aromatic nitrogens is 6. The normalized spacial score (nSPS) is 11.7. The predicted octanol–water partition coefficient (Wildman–Crippen LogP) is 11.8. The highest BCUT2D eigenvalue weighted by Gasteiger charge is 2.17. The van der Waals surface area contributed by atoms with Crippen LogP contribution in [-0.4, -0.2) is 28.7 Å². The topological polar surface area (TPSA) is 90.5 Å². The second kappa shape index (κ2) is 12.2. The highest BCUT2D eigenvalue weighted by molar-refractivity contribution is 7.00. The number of hydrogen-bond donors (Lipinski definition) is 0. The highest BCUT2D eigenvalue weighted by atomic mass is 32.1. The molecule has 0 aliphatic rings. The summed E-state index contributed by atoms with van der Waals surface area (Å²) in [5.74, 6) is 1.80. The van der Waals surface area contributed by atoms with Crippen LogP contribution in [0, 0.1) is 0 Å². The molecule has 0 unspecified atom stereocenters. The summed E-state index contributed by atoms with van der Waals surface area (Å²) in [4.78, 5) is 20.1. The van der Waals surface area contributed by atoms with Crippen LogP contribution in [0.2, 0.25) is 0 Å². The first-order valence-electron chi connectivity index (χ1n) is 17.6. The number of rotatable bonds is 5. The lowest BCUT2D eigenvalue weighted by molar-refractivity contribution is 0.670. The number of fused-ring (bicyclic) bond motifs is 8. The molecule has 0 saturated heterocycles. The van der Waals surface area contributed by atoms with Gasteiger partial charge in [0, 0.05) is 54.7 Å². The van der Waals surface area contributed by atoms with Crippen molar-refractivity contribution in [2.24, 2.45) is 0 Å². The maximum atomic E-state index is 6.33. The lowest BCUT2D eigenvalue weighted by Crippen LogP contribution is -2.00. The minimum atomic E-state index is 0.591. The number of furan rings is 1. The molecule has 0 atom stereocenters. The molecular formula is C46H26N6OS. The molecule has 0 N–H and O–H groups in total. The summed E-state index contributed by atoms with van der Waals surface area (Å²) in [6.07, 6.45) is 0. The van der Waals surface area contributed by atoms with Crippen molar-refractivity contribution in [1.29, 1.82) is 0 Å². The van der Waals surface area contributed by atoms with Crippen molar-refractivity contribution in [3.8, 4) is 56.5 Å². The maximum absolute atomic E-state index is 6.33. The standard InChI is InChI=1S/C46H26N6OS/c1-2-9-29(10-3-1)44-48-45(30-21-17-27(18-22-30)32-13-8-14-34-33-11-5-7-16-39(33)53-43(32)34)50-46(49-44)31-23-19-28(20-24-31)41-36-25-26-38-42(52-54-51-38)40(36)35-12-4-6-15-37(35)47-41/h1-26H. The van der Waals surface area contributed by atoms with E-state index in [2.05, 4.69) is 99.7 Å². The smallest absolute Gasteiger partial charge is 0.164 e. The fraction of sp³-hybridized carbons (Fsp3) is 0. The summed E-state index contributed by atoms with van der Waals surface area (Å²) < 4.78 is 15.5. The van der Waals surface area contributed by atoms with Crippen LogP contribution in [0.4, 0.5) is 0 Å². The summed E-state index contributed by atoms with van der Waals surface area (Å²) in [5.41, 5.74) is 11.1. The molecule has 7 aromatic carbocycles. The Kier molecular flexibility index (Phi) is 6.90. The number of nitrogens with zero attached hydrogens (tertiary/aromatic N) is 6. The molecule has 0 spiro atoms. The van der Waals surface area contributed by atoms with Crippen molar-refractivity contribution in [1.82, 2.24) is 28.7 Å². The average molecular weight is 711 g/mol. The molecule has 4 heterocycles. The Morgan fingerprint density at radius 3 is 1.76 bits per heavy atom. The predicted molar refractivity (Wildman–Crippen MR) is 218 cm³/mol. The van der Waals surface area contributed by atoms with Gasteiger partial charge in [-0.1, -0.05) is 133 Å². The summed E-state index contributed by atoms with van der Waals surface area (Å²) in [5, 5.41) is 5.39. The van der Waals surface area contributed by atoms with Crippen LogP contribution < -0.4 is 0 Å². The van der Waals surface area contributed by atoms with Crippen LogP contribution in [0.15, 0.2) is 162 Å². The Morgan fingerprint density at radius 2 is 1.00 bits per heavy atom. The van der Waals surface area contributed by atoms with Crippen LogP contribution in [0.5, 0.6) is 0 Å². The van der Waals surface area contributed by atoms with Gasteiger partial charge in [-0.15, -0.1) is 0 Å². The fourth-order valence-electron chi connectivity index (χ4n) is 7.41. The summed E-state index contributed by atoms with van der Waals surface area (Å²) in [6, 6.07) is 53.5. The molecule has 11 rings (SSSR count). The van der Waals surface area contributed by atoms with Crippen molar-refractivity contribution in [3.05, 3.63) is 158 Å². The van der Waals surface area contributed by atoms with E-state index in [1.54, 1.807) is 0 Å². The van der Waals surface area contributed by atoms with Crippen LogP contribution in [-0.2, 0) is 0 Å². The molecule has 11 aromatic rings. The molecule has 0 bridgehead atoms. The summed E-state index contributed by atoms with van der Waals surface area (Å²) >= 11 is 1.23. The Hall–Kier alpha value is -7.16. The van der Waals surface area contributed by atoms with Crippen molar-refractivity contribution in [2.75, 3.05) is 0 Å². The van der Waals surface area contributed by atoms with Crippen LogP contribution in [0.3, 0.4) is 0 Å². The van der Waals surface area contributed by atoms with E-state index in [0.29, 0.717) is 17.5 Å². The van der Waals surface area contributed by atoms with Gasteiger partial charge in [0.2, 0.25) is 0 Å². The van der Waals surface area contributed by atoms with Crippen LogP contribution >= 0.6 is 11.7 Å². The molecule has 0 fully saturated rings. The second-order valence-corrected chi connectivity index (χ2v) is 13.7. The van der Waals surface area contributed by atoms with E-state index in [-0.39, 0.29) is 0 Å². The molecule has 0 amide bonds. The number of pyridine rings is 1. The Labute approximate surface area is 312 Å². The quantitative estimate of drug-likeness (QED) is 0.164. The summed E-state index contributed by atoms with van der Waals surface area (Å²) in [6.45, 7) is 0. The van der Waals surface area contributed by atoms with E-state index in [1.165, 1.54) is 11.7 Å². The number of para-hydroxylation sites is 3. The summed E-state index contributed by atoms with van der Waals surface area (Å²) in [7, 11) is 0. The third-order valence-electron chi connectivity index (χ3n) is 10.0. The first-order valence-corrected chi connectivity index (χ1v) is 18.4. The third-order valence-corrected chi connectivity index (χ3v) is 10.6. The van der Waals surface area contributed by atoms with E-state index in [0.717, 1.165) is 93.7 Å². The zero-order valence-corrected chi connectivity index (χ0v) is 29.3. The van der Waals surface area contributed by atoms with E-state index >= 15 is 0 Å². The van der Waals surface area contributed by atoms with Gasteiger partial charge >= 0.3 is 0 Å². The molecule has 0 aliphatic heterocycles. The molecule has 54 heavy (non-hydrogen) atoms. The van der Waals surface area contributed by atoms with Crippen LogP contribution in [0.25, 0.3) is 111 Å². The minimum absolute atomic E-state index is 0.591. The molecule has 8 heteroatoms. The highest BCUT2D eigenvalue weighted by Crippen LogP contribution is 2.38. The Balaban J connectivity index is 1.00. The second-order valence-electron chi connectivity index (χ2n) is 13.2. The number of hydrogen-bond acceptors (Lipinski definition) is 8. The first-order chi connectivity index (χ1) is 26.7. The van der Waals surface area contributed by atoms with E-state index < -0.39 is 0 Å². The van der Waals surface area contributed by atoms with Gasteiger partial charge in [-0.25, -0.2) is 19.9 Å². The van der Waals surface area contributed by atoms with E-state index in [4.69, 9.17) is 24.4 Å². The molecule has 7 nitrogen and oxygen atoms in total. The molecule has 0 aliphatic carbocycles. The zero-order chi connectivity index (χ0) is 35.6. The minimum Gasteiger partial charge on any atom is -0.455 e. The van der Waals surface area contributed by atoms with Gasteiger partial charge in [0.1, 0.15) is 22.2 Å². The van der Waals surface area contributed by atoms with Crippen molar-refractivity contribution in [2.45, 2.75) is 0 Å². The van der Waals surface area contributed by atoms with Crippen molar-refractivity contribution < 1.29 is 4.42 Å². The first kappa shape index (κ1) is 30.5. The molecule has 0 saturated carbocycles. The lowest BCUT2D eigenvalue weighted by atomic mass is 9.98. The third kappa shape index (κ3) is 4.96. The largest absolute Gasteiger partial charge is 0.455 e. The molecular weight excluding hydrogens is 685 g/mol. The lowest BCUT2D eigenvalue weighted by Gasteiger charge is -2.12. The van der Waals surface area contributed by atoms with Crippen LogP contribution in [0.1, 0.15) is 0 Å². The SMILES string of the molecule is c1ccc(-c2nc(-c3ccc(-c4nc5ccccc5c5c4ccc4nsnc45)cc3)nc(-c3ccc(-c4cccc5c4oc4ccccc45)cc3)n2)cc1. The monoisotopic (exact) mass is 710 g/mol. The van der Waals surface area contributed by atoms with Crippen molar-refractivity contribution >= 4 is 66.4 Å². The molecule has 0 radical (unpaired) electrons. The van der Waals surface area contributed by atoms with Gasteiger partial charge in [-0.3, -0.25) is 0 Å². The maximum Gasteiger partial charge on any atom is 0.164 e. The van der Waals surface area contributed by atoms with Gasteiger partial charge in [-0.05, 0) is 29.8 Å².